The summed E-state index contributed by atoms with van der Waals surface area (Å²) in [7, 11) is 2.55. The van der Waals surface area contributed by atoms with Crippen molar-refractivity contribution in [2.45, 2.75) is 90.7 Å². The molecule has 0 bridgehead atoms. The standard InChI is InChI=1S/C14H30B/c1-5-7-9-10-12-14(3,4)15-13-11-8-6-2/h5-13H2,1-4H3. The topological polar surface area (TPSA) is 0 Å². The summed E-state index contributed by atoms with van der Waals surface area (Å²) in [5.74, 6) is 0. The molecule has 15 heavy (non-hydrogen) atoms. The predicted octanol–water partition coefficient (Wildman–Crippen LogP) is 5.47. The number of rotatable bonds is 10. The van der Waals surface area contributed by atoms with Crippen LogP contribution in [-0.2, 0) is 0 Å². The van der Waals surface area contributed by atoms with Gasteiger partial charge in [-0.3, -0.25) is 0 Å². The Hall–Kier alpha value is 0.0649. The Kier molecular flexibility index (Phi) is 9.34. The summed E-state index contributed by atoms with van der Waals surface area (Å²) in [6.07, 6.45) is 12.4. The minimum atomic E-state index is 0.474. The molecule has 0 aromatic carbocycles. The van der Waals surface area contributed by atoms with Crippen molar-refractivity contribution in [2.75, 3.05) is 0 Å². The van der Waals surface area contributed by atoms with Gasteiger partial charge < -0.3 is 0 Å². The minimum Gasteiger partial charge on any atom is -0.0796 e. The molecule has 0 unspecified atom stereocenters. The molecule has 0 aliphatic carbocycles. The highest BCUT2D eigenvalue weighted by Crippen LogP contribution is 2.31. The van der Waals surface area contributed by atoms with Crippen LogP contribution in [0.3, 0.4) is 0 Å². The summed E-state index contributed by atoms with van der Waals surface area (Å²) in [4.78, 5) is 0. The third kappa shape index (κ3) is 10.3. The smallest absolute Gasteiger partial charge is 0.0796 e. The van der Waals surface area contributed by atoms with Gasteiger partial charge in [0.2, 0.25) is 0 Å². The van der Waals surface area contributed by atoms with Gasteiger partial charge in [0.05, 0.1) is 0 Å². The van der Waals surface area contributed by atoms with E-state index in [0.29, 0.717) is 5.31 Å². The molecule has 1 heteroatoms. The molecular weight excluding hydrogens is 179 g/mol. The number of unbranched alkanes of at least 4 members (excludes halogenated alkanes) is 5. The molecule has 0 aromatic rings. The van der Waals surface area contributed by atoms with Crippen molar-refractivity contribution in [1.29, 1.82) is 0 Å². The zero-order valence-corrected chi connectivity index (χ0v) is 11.4. The van der Waals surface area contributed by atoms with E-state index in [1.165, 1.54) is 57.7 Å². The van der Waals surface area contributed by atoms with Gasteiger partial charge in [-0.2, -0.15) is 0 Å². The van der Waals surface area contributed by atoms with Crippen LogP contribution in [0.2, 0.25) is 11.6 Å². The molecule has 0 amide bonds. The summed E-state index contributed by atoms with van der Waals surface area (Å²) >= 11 is 0. The van der Waals surface area contributed by atoms with Crippen LogP contribution in [-0.4, -0.2) is 7.28 Å². The second-order valence-corrected chi connectivity index (χ2v) is 5.50. The van der Waals surface area contributed by atoms with E-state index in [9.17, 15) is 0 Å². The van der Waals surface area contributed by atoms with Crippen LogP contribution in [0.15, 0.2) is 0 Å². The van der Waals surface area contributed by atoms with Crippen molar-refractivity contribution in [1.82, 2.24) is 0 Å². The molecule has 0 nitrogen and oxygen atoms in total. The summed E-state index contributed by atoms with van der Waals surface area (Å²) in [5, 5.41) is 0.474. The van der Waals surface area contributed by atoms with E-state index in [-0.39, 0.29) is 0 Å². The van der Waals surface area contributed by atoms with E-state index in [0.717, 1.165) is 0 Å². The molecule has 0 aromatic heterocycles. The summed E-state index contributed by atoms with van der Waals surface area (Å²) < 4.78 is 0. The molecule has 0 N–H and O–H groups in total. The fraction of sp³-hybridized carbons (Fsp3) is 1.00. The Morgan fingerprint density at radius 2 is 1.40 bits per heavy atom. The lowest BCUT2D eigenvalue weighted by Gasteiger charge is -2.23. The van der Waals surface area contributed by atoms with E-state index >= 15 is 0 Å². The van der Waals surface area contributed by atoms with Crippen LogP contribution in [0.4, 0.5) is 0 Å². The highest BCUT2D eigenvalue weighted by molar-refractivity contribution is 6.39. The van der Waals surface area contributed by atoms with Crippen LogP contribution in [0.1, 0.15) is 79.1 Å². The molecule has 0 fully saturated rings. The quantitative estimate of drug-likeness (QED) is 0.330. The number of hydrogen-bond donors (Lipinski definition) is 0. The minimum absolute atomic E-state index is 0.474. The largest absolute Gasteiger partial charge is 0.117 e. The van der Waals surface area contributed by atoms with Crippen LogP contribution in [0, 0.1) is 0 Å². The highest BCUT2D eigenvalue weighted by atomic mass is 14.1. The lowest BCUT2D eigenvalue weighted by molar-refractivity contribution is 0.534. The third-order valence-electron chi connectivity index (χ3n) is 3.18. The van der Waals surface area contributed by atoms with Crippen molar-refractivity contribution < 1.29 is 0 Å². The van der Waals surface area contributed by atoms with Crippen molar-refractivity contribution in [3.8, 4) is 0 Å². The second kappa shape index (κ2) is 9.30. The molecule has 89 valence electrons. The molecule has 0 aliphatic heterocycles. The first-order valence-electron chi connectivity index (χ1n) is 6.96. The molecule has 0 heterocycles. The fourth-order valence-electron chi connectivity index (χ4n) is 2.00. The first-order chi connectivity index (χ1) is 7.12. The van der Waals surface area contributed by atoms with Gasteiger partial charge in [0.25, 0.3) is 0 Å². The first-order valence-corrected chi connectivity index (χ1v) is 6.96. The molecule has 0 saturated heterocycles. The van der Waals surface area contributed by atoms with Gasteiger partial charge in [-0.15, -0.1) is 0 Å². The maximum absolute atomic E-state index is 2.55. The monoisotopic (exact) mass is 209 g/mol. The van der Waals surface area contributed by atoms with E-state index < -0.39 is 0 Å². The van der Waals surface area contributed by atoms with Crippen molar-refractivity contribution in [3.63, 3.8) is 0 Å². The fourth-order valence-corrected chi connectivity index (χ4v) is 2.00. The maximum atomic E-state index is 2.55. The first kappa shape index (κ1) is 15.1. The van der Waals surface area contributed by atoms with E-state index in [1.54, 1.807) is 0 Å². The van der Waals surface area contributed by atoms with E-state index in [4.69, 9.17) is 0 Å². The van der Waals surface area contributed by atoms with Crippen molar-refractivity contribution in [3.05, 3.63) is 0 Å². The molecular formula is C14H30B. The summed E-state index contributed by atoms with van der Waals surface area (Å²) in [5.41, 5.74) is 0. The van der Waals surface area contributed by atoms with Gasteiger partial charge in [-0.25, -0.2) is 0 Å². The van der Waals surface area contributed by atoms with Gasteiger partial charge >= 0.3 is 0 Å². The Labute approximate surface area is 98.5 Å². The highest BCUT2D eigenvalue weighted by Gasteiger charge is 2.17. The van der Waals surface area contributed by atoms with Crippen LogP contribution in [0.25, 0.3) is 0 Å². The molecule has 1 radical (unpaired) electrons. The predicted molar refractivity (Wildman–Crippen MR) is 72.9 cm³/mol. The SMILES string of the molecule is CCCCC[B]C(C)(C)CCCCCC. The van der Waals surface area contributed by atoms with Gasteiger partial charge in [-0.1, -0.05) is 90.7 Å². The summed E-state index contributed by atoms with van der Waals surface area (Å²) in [6, 6.07) is 0. The van der Waals surface area contributed by atoms with Gasteiger partial charge in [0.1, 0.15) is 7.28 Å². The normalized spacial score (nSPS) is 11.7. The maximum Gasteiger partial charge on any atom is 0.117 e. The molecule has 0 aliphatic rings. The summed E-state index contributed by atoms with van der Waals surface area (Å²) in [6.45, 7) is 9.34. The average molecular weight is 209 g/mol. The number of hydrogen-bond acceptors (Lipinski definition) is 0. The third-order valence-corrected chi connectivity index (χ3v) is 3.18. The zero-order chi connectivity index (χ0) is 11.6. The van der Waals surface area contributed by atoms with Crippen LogP contribution < -0.4 is 0 Å². The van der Waals surface area contributed by atoms with Gasteiger partial charge in [0, 0.05) is 0 Å². The Morgan fingerprint density at radius 1 is 0.800 bits per heavy atom. The van der Waals surface area contributed by atoms with E-state index in [1.807, 2.05) is 0 Å². The Morgan fingerprint density at radius 3 is 2.00 bits per heavy atom. The second-order valence-electron chi connectivity index (χ2n) is 5.50. The van der Waals surface area contributed by atoms with Crippen LogP contribution >= 0.6 is 0 Å². The molecule has 0 saturated carbocycles. The van der Waals surface area contributed by atoms with Crippen molar-refractivity contribution >= 4 is 7.28 Å². The molecule has 0 spiro atoms. The van der Waals surface area contributed by atoms with Crippen molar-refractivity contribution in [2.24, 2.45) is 0 Å². The zero-order valence-electron chi connectivity index (χ0n) is 11.4. The van der Waals surface area contributed by atoms with E-state index in [2.05, 4.69) is 35.0 Å². The Balaban J connectivity index is 3.40. The van der Waals surface area contributed by atoms with Gasteiger partial charge in [-0.05, 0) is 0 Å². The average Bonchev–Trinajstić information content (AvgIpc) is 2.20. The Bertz CT molecular complexity index is 115. The van der Waals surface area contributed by atoms with Crippen LogP contribution in [0.5, 0.6) is 0 Å². The lowest BCUT2D eigenvalue weighted by Crippen LogP contribution is -2.12. The van der Waals surface area contributed by atoms with Gasteiger partial charge in [0.15, 0.2) is 0 Å². The molecule has 0 atom stereocenters. The molecule has 0 rings (SSSR count). The lowest BCUT2D eigenvalue weighted by atomic mass is 9.50.